The van der Waals surface area contributed by atoms with Gasteiger partial charge in [-0.2, -0.15) is 5.26 Å². The van der Waals surface area contributed by atoms with Gasteiger partial charge >= 0.3 is 0 Å². The van der Waals surface area contributed by atoms with Crippen LogP contribution in [-0.4, -0.2) is 6.54 Å². The van der Waals surface area contributed by atoms with E-state index >= 15 is 0 Å². The molecule has 0 saturated heterocycles. The van der Waals surface area contributed by atoms with Crippen molar-refractivity contribution in [2.45, 2.75) is 0 Å². The van der Waals surface area contributed by atoms with Crippen LogP contribution < -0.4 is 5.32 Å². The third-order valence-electron chi connectivity index (χ3n) is 1.54. The summed E-state index contributed by atoms with van der Waals surface area (Å²) in [4.78, 5) is 0. The molecule has 1 N–H and O–H groups in total. The zero-order valence-electron chi connectivity index (χ0n) is 7.05. The van der Waals surface area contributed by atoms with Gasteiger partial charge in [-0.05, 0) is 18.2 Å². The molecule has 0 heterocycles. The fourth-order valence-corrected chi connectivity index (χ4v) is 1.11. The van der Waals surface area contributed by atoms with Gasteiger partial charge in [0, 0.05) is 11.6 Å². The zero-order chi connectivity index (χ0) is 9.68. The van der Waals surface area contributed by atoms with E-state index in [2.05, 4.69) is 18.0 Å². The average Bonchev–Trinajstić information content (AvgIpc) is 2.15. The molecule has 1 aromatic carbocycles. The van der Waals surface area contributed by atoms with E-state index < -0.39 is 0 Å². The summed E-state index contributed by atoms with van der Waals surface area (Å²) >= 11 is 5.78. The van der Waals surface area contributed by atoms with Crippen molar-refractivity contribution in [3.05, 3.63) is 41.4 Å². The highest BCUT2D eigenvalue weighted by molar-refractivity contribution is 6.30. The van der Waals surface area contributed by atoms with Gasteiger partial charge in [0.15, 0.2) is 0 Å². The van der Waals surface area contributed by atoms with Crippen LogP contribution in [0.1, 0.15) is 5.56 Å². The molecule has 0 radical (unpaired) electrons. The summed E-state index contributed by atoms with van der Waals surface area (Å²) < 4.78 is 0. The predicted molar refractivity (Wildman–Crippen MR) is 54.9 cm³/mol. The third kappa shape index (κ3) is 2.50. The first-order valence-corrected chi connectivity index (χ1v) is 4.20. The van der Waals surface area contributed by atoms with E-state index in [4.69, 9.17) is 16.9 Å². The van der Waals surface area contributed by atoms with Crippen molar-refractivity contribution in [1.29, 1.82) is 5.26 Å². The molecule has 0 bridgehead atoms. The van der Waals surface area contributed by atoms with Gasteiger partial charge in [0.2, 0.25) is 0 Å². The smallest absolute Gasteiger partial charge is 0.101 e. The van der Waals surface area contributed by atoms with E-state index in [-0.39, 0.29) is 0 Å². The molecule has 0 aliphatic rings. The first-order chi connectivity index (χ1) is 6.27. The number of nitrogens with one attached hydrogen (secondary N) is 1. The Hall–Kier alpha value is -1.46. The summed E-state index contributed by atoms with van der Waals surface area (Å²) in [5.41, 5.74) is 1.33. The molecule has 1 aromatic rings. The van der Waals surface area contributed by atoms with E-state index in [9.17, 15) is 0 Å². The summed E-state index contributed by atoms with van der Waals surface area (Å²) in [6.45, 7) is 4.20. The minimum atomic E-state index is 0.589. The third-order valence-corrected chi connectivity index (χ3v) is 1.77. The Bertz CT molecular complexity index is 352. The van der Waals surface area contributed by atoms with E-state index in [1.54, 1.807) is 24.3 Å². The number of hydrogen-bond donors (Lipinski definition) is 1. The lowest BCUT2D eigenvalue weighted by Crippen LogP contribution is -1.99. The fraction of sp³-hybridized carbons (Fsp3) is 0.100. The van der Waals surface area contributed by atoms with Crippen LogP contribution in [0.25, 0.3) is 0 Å². The number of rotatable bonds is 3. The molecule has 2 nitrogen and oxygen atoms in total. The summed E-state index contributed by atoms with van der Waals surface area (Å²) in [6, 6.07) is 7.18. The second-order valence-electron chi connectivity index (χ2n) is 2.47. The number of nitrogens with zero attached hydrogens (tertiary/aromatic N) is 1. The highest BCUT2D eigenvalue weighted by atomic mass is 35.5. The molecule has 3 heteroatoms. The number of hydrogen-bond acceptors (Lipinski definition) is 2. The van der Waals surface area contributed by atoms with Gasteiger partial charge in [0.25, 0.3) is 0 Å². The predicted octanol–water partition coefficient (Wildman–Crippen LogP) is 2.81. The van der Waals surface area contributed by atoms with Gasteiger partial charge in [-0.1, -0.05) is 17.7 Å². The SMILES string of the molecule is C=CCNc1cc(Cl)ccc1C#N. The van der Waals surface area contributed by atoms with Crippen molar-refractivity contribution in [2.75, 3.05) is 11.9 Å². The van der Waals surface area contributed by atoms with Crippen LogP contribution in [0.5, 0.6) is 0 Å². The molecule has 0 saturated carbocycles. The minimum absolute atomic E-state index is 0.589. The van der Waals surface area contributed by atoms with Crippen molar-refractivity contribution in [1.82, 2.24) is 0 Å². The van der Waals surface area contributed by atoms with Gasteiger partial charge in [0.05, 0.1) is 11.3 Å². The lowest BCUT2D eigenvalue weighted by Gasteiger charge is -2.05. The van der Waals surface area contributed by atoms with Crippen LogP contribution in [0.15, 0.2) is 30.9 Å². The maximum atomic E-state index is 8.75. The lowest BCUT2D eigenvalue weighted by molar-refractivity contribution is 1.33. The number of nitriles is 1. The standard InChI is InChI=1S/C10H9ClN2/c1-2-5-13-10-6-9(11)4-3-8(10)7-12/h2-4,6,13H,1,5H2. The van der Waals surface area contributed by atoms with Crippen molar-refractivity contribution in [3.8, 4) is 6.07 Å². The van der Waals surface area contributed by atoms with E-state index in [1.807, 2.05) is 0 Å². The molecule has 0 aliphatic heterocycles. The molecule has 0 spiro atoms. The molecule has 0 atom stereocenters. The van der Waals surface area contributed by atoms with Gasteiger partial charge in [-0.25, -0.2) is 0 Å². The second kappa shape index (κ2) is 4.54. The van der Waals surface area contributed by atoms with Gasteiger partial charge in [0.1, 0.15) is 6.07 Å². The van der Waals surface area contributed by atoms with Crippen LogP contribution in [0, 0.1) is 11.3 Å². The van der Waals surface area contributed by atoms with E-state index in [1.165, 1.54) is 0 Å². The highest BCUT2D eigenvalue weighted by Crippen LogP contribution is 2.19. The van der Waals surface area contributed by atoms with Crippen LogP contribution >= 0.6 is 11.6 Å². The van der Waals surface area contributed by atoms with Crippen LogP contribution in [0.3, 0.4) is 0 Å². The van der Waals surface area contributed by atoms with Crippen molar-refractivity contribution >= 4 is 17.3 Å². The molecular weight excluding hydrogens is 184 g/mol. The molecule has 0 amide bonds. The second-order valence-corrected chi connectivity index (χ2v) is 2.91. The maximum Gasteiger partial charge on any atom is 0.101 e. The summed E-state index contributed by atoms with van der Waals surface area (Å²) in [7, 11) is 0. The van der Waals surface area contributed by atoms with E-state index in [0.29, 0.717) is 17.1 Å². The molecule has 66 valence electrons. The van der Waals surface area contributed by atoms with Crippen molar-refractivity contribution in [2.24, 2.45) is 0 Å². The Kier molecular flexibility index (Phi) is 3.36. The van der Waals surface area contributed by atoms with Crippen LogP contribution in [0.4, 0.5) is 5.69 Å². The Labute approximate surface area is 82.4 Å². The van der Waals surface area contributed by atoms with Gasteiger partial charge in [-0.3, -0.25) is 0 Å². The summed E-state index contributed by atoms with van der Waals surface area (Å²) in [5.74, 6) is 0. The summed E-state index contributed by atoms with van der Waals surface area (Å²) in [5, 5.41) is 12.4. The molecule has 13 heavy (non-hydrogen) atoms. The highest BCUT2D eigenvalue weighted by Gasteiger charge is 2.00. The quantitative estimate of drug-likeness (QED) is 0.748. The fourth-order valence-electron chi connectivity index (χ4n) is 0.942. The van der Waals surface area contributed by atoms with Crippen molar-refractivity contribution in [3.63, 3.8) is 0 Å². The van der Waals surface area contributed by atoms with Gasteiger partial charge < -0.3 is 5.32 Å². The number of anilines is 1. The topological polar surface area (TPSA) is 35.8 Å². The normalized spacial score (nSPS) is 8.92. The molecule has 0 aliphatic carbocycles. The largest absolute Gasteiger partial charge is 0.380 e. The van der Waals surface area contributed by atoms with Gasteiger partial charge in [-0.15, -0.1) is 6.58 Å². The minimum Gasteiger partial charge on any atom is -0.380 e. The summed E-state index contributed by atoms with van der Waals surface area (Å²) in [6.07, 6.45) is 1.72. The Morgan fingerprint density at radius 2 is 2.38 bits per heavy atom. The van der Waals surface area contributed by atoms with Crippen molar-refractivity contribution < 1.29 is 0 Å². The number of halogens is 1. The number of benzene rings is 1. The Morgan fingerprint density at radius 1 is 1.62 bits per heavy atom. The molecule has 0 unspecified atom stereocenters. The van der Waals surface area contributed by atoms with Crippen LogP contribution in [-0.2, 0) is 0 Å². The maximum absolute atomic E-state index is 8.75. The molecule has 1 rings (SSSR count). The molecule has 0 fully saturated rings. The monoisotopic (exact) mass is 192 g/mol. The Morgan fingerprint density at radius 3 is 3.00 bits per heavy atom. The van der Waals surface area contributed by atoms with E-state index in [0.717, 1.165) is 5.69 Å². The molecule has 0 aromatic heterocycles. The molecular formula is C10H9ClN2. The van der Waals surface area contributed by atoms with Crippen LogP contribution in [0.2, 0.25) is 5.02 Å². The first-order valence-electron chi connectivity index (χ1n) is 3.82. The average molecular weight is 193 g/mol. The lowest BCUT2D eigenvalue weighted by atomic mass is 10.2. The first kappa shape index (κ1) is 9.63. The zero-order valence-corrected chi connectivity index (χ0v) is 7.80. The Balaban J connectivity index is 2.95.